The van der Waals surface area contributed by atoms with Crippen molar-refractivity contribution in [2.24, 2.45) is 0 Å². The van der Waals surface area contributed by atoms with Crippen molar-refractivity contribution in [3.05, 3.63) is 75.4 Å². The van der Waals surface area contributed by atoms with Crippen LogP contribution in [0.25, 0.3) is 5.69 Å². The first-order valence-electron chi connectivity index (χ1n) is 7.49. The van der Waals surface area contributed by atoms with Crippen LogP contribution in [0.1, 0.15) is 27.2 Å². The molecule has 5 nitrogen and oxygen atoms in total. The number of alkyl halides is 3. The Morgan fingerprint density at radius 1 is 1.11 bits per heavy atom. The molecule has 0 fully saturated rings. The normalized spacial score (nSPS) is 11.2. The molecule has 27 heavy (non-hydrogen) atoms. The van der Waals surface area contributed by atoms with Crippen molar-refractivity contribution in [2.75, 3.05) is 5.73 Å². The van der Waals surface area contributed by atoms with Gasteiger partial charge in [-0.3, -0.25) is 4.79 Å². The van der Waals surface area contributed by atoms with E-state index in [9.17, 15) is 23.2 Å². The van der Waals surface area contributed by atoms with Crippen LogP contribution in [0.15, 0.2) is 53.0 Å². The number of nitriles is 1. The third-order valence-corrected chi connectivity index (χ3v) is 4.32. The number of nitrogens with two attached hydrogens (primary N) is 1. The minimum Gasteiger partial charge on any atom is -0.382 e. The van der Waals surface area contributed by atoms with Gasteiger partial charge in [-0.1, -0.05) is 28.1 Å². The fourth-order valence-electron chi connectivity index (χ4n) is 2.43. The van der Waals surface area contributed by atoms with Crippen molar-refractivity contribution in [3.8, 4) is 11.8 Å². The number of nitrogen functional groups attached to an aromatic ring is 1. The van der Waals surface area contributed by atoms with Crippen LogP contribution in [0.2, 0.25) is 0 Å². The predicted octanol–water partition coefficient (Wildman–Crippen LogP) is 4.34. The van der Waals surface area contributed by atoms with Gasteiger partial charge in [-0.2, -0.15) is 23.5 Å². The SMILES string of the molecule is N#Cc1c(C(=O)c2ccc(C(F)(F)F)cc2)nn(-c2ccc(Br)cc2)c1N. The number of hydrogen-bond acceptors (Lipinski definition) is 4. The second-order valence-corrected chi connectivity index (χ2v) is 6.43. The quantitative estimate of drug-likeness (QED) is 0.621. The Morgan fingerprint density at radius 3 is 2.22 bits per heavy atom. The fourth-order valence-corrected chi connectivity index (χ4v) is 2.69. The molecule has 0 aliphatic carbocycles. The van der Waals surface area contributed by atoms with E-state index in [1.165, 1.54) is 4.68 Å². The number of aromatic nitrogens is 2. The summed E-state index contributed by atoms with van der Waals surface area (Å²) in [6.07, 6.45) is -4.51. The van der Waals surface area contributed by atoms with Gasteiger partial charge in [-0.15, -0.1) is 0 Å². The molecule has 0 saturated heterocycles. The van der Waals surface area contributed by atoms with Crippen LogP contribution in [-0.2, 0) is 6.18 Å². The predicted molar refractivity (Wildman–Crippen MR) is 95.3 cm³/mol. The molecule has 3 rings (SSSR count). The summed E-state index contributed by atoms with van der Waals surface area (Å²) in [6, 6.07) is 12.4. The van der Waals surface area contributed by atoms with E-state index in [0.29, 0.717) is 5.69 Å². The van der Waals surface area contributed by atoms with Crippen LogP contribution in [0, 0.1) is 11.3 Å². The van der Waals surface area contributed by atoms with Gasteiger partial charge in [0.05, 0.1) is 11.3 Å². The van der Waals surface area contributed by atoms with Gasteiger partial charge in [0.1, 0.15) is 17.5 Å². The molecule has 2 aromatic carbocycles. The van der Waals surface area contributed by atoms with Crippen molar-refractivity contribution in [1.29, 1.82) is 5.26 Å². The van der Waals surface area contributed by atoms with Crippen LogP contribution >= 0.6 is 15.9 Å². The number of ketones is 1. The second-order valence-electron chi connectivity index (χ2n) is 5.51. The van der Waals surface area contributed by atoms with Gasteiger partial charge in [0.2, 0.25) is 5.78 Å². The van der Waals surface area contributed by atoms with Gasteiger partial charge in [0, 0.05) is 10.0 Å². The number of rotatable bonds is 3. The number of nitrogens with zero attached hydrogens (tertiary/aromatic N) is 3. The summed E-state index contributed by atoms with van der Waals surface area (Å²) in [6.45, 7) is 0. The van der Waals surface area contributed by atoms with Crippen molar-refractivity contribution < 1.29 is 18.0 Å². The standard InChI is InChI=1S/C18H10BrF3N4O/c19-12-5-7-13(8-6-12)26-17(24)14(9-23)15(25-26)16(27)10-1-3-11(4-2-10)18(20,21)22/h1-8H,24H2. The number of benzene rings is 2. The maximum Gasteiger partial charge on any atom is 0.416 e. The van der Waals surface area contributed by atoms with E-state index >= 15 is 0 Å². The highest BCUT2D eigenvalue weighted by atomic mass is 79.9. The molecule has 0 unspecified atom stereocenters. The van der Waals surface area contributed by atoms with Crippen molar-refractivity contribution in [2.45, 2.75) is 6.18 Å². The molecule has 9 heteroatoms. The molecule has 0 radical (unpaired) electrons. The summed E-state index contributed by atoms with van der Waals surface area (Å²) in [7, 11) is 0. The summed E-state index contributed by atoms with van der Waals surface area (Å²) in [5.41, 5.74) is 5.21. The molecule has 3 aromatic rings. The van der Waals surface area contributed by atoms with E-state index in [1.54, 1.807) is 24.3 Å². The van der Waals surface area contributed by atoms with E-state index in [4.69, 9.17) is 5.73 Å². The lowest BCUT2D eigenvalue weighted by atomic mass is 10.0. The zero-order valence-electron chi connectivity index (χ0n) is 13.5. The highest BCUT2D eigenvalue weighted by Gasteiger charge is 2.31. The van der Waals surface area contributed by atoms with Gasteiger partial charge in [0.25, 0.3) is 0 Å². The first-order valence-corrected chi connectivity index (χ1v) is 8.28. The summed E-state index contributed by atoms with van der Waals surface area (Å²) >= 11 is 3.30. The Hall–Kier alpha value is -3.12. The molecule has 1 heterocycles. The lowest BCUT2D eigenvalue weighted by molar-refractivity contribution is -0.137. The second kappa shape index (κ2) is 6.89. The molecule has 0 saturated carbocycles. The molecular formula is C18H10BrF3N4O. The lowest BCUT2D eigenvalue weighted by Crippen LogP contribution is -2.08. The van der Waals surface area contributed by atoms with Crippen LogP contribution in [0.5, 0.6) is 0 Å². The highest BCUT2D eigenvalue weighted by Crippen LogP contribution is 2.30. The maximum atomic E-state index is 12.7. The fraction of sp³-hybridized carbons (Fsp3) is 0.0556. The van der Waals surface area contributed by atoms with Crippen LogP contribution in [0.3, 0.4) is 0 Å². The third-order valence-electron chi connectivity index (χ3n) is 3.79. The maximum absolute atomic E-state index is 12.7. The van der Waals surface area contributed by atoms with Crippen LogP contribution in [-0.4, -0.2) is 15.6 Å². The number of carbonyl (C=O) groups excluding carboxylic acids is 1. The van der Waals surface area contributed by atoms with E-state index in [1.807, 2.05) is 6.07 Å². The molecule has 0 atom stereocenters. The van der Waals surface area contributed by atoms with Crippen molar-refractivity contribution in [1.82, 2.24) is 9.78 Å². The first-order chi connectivity index (χ1) is 12.7. The minimum absolute atomic E-state index is 0.0278. The van der Waals surface area contributed by atoms with Crippen molar-refractivity contribution in [3.63, 3.8) is 0 Å². The molecular weight excluding hydrogens is 425 g/mol. The molecule has 0 bridgehead atoms. The molecule has 2 N–H and O–H groups in total. The Labute approximate surface area is 160 Å². The zero-order chi connectivity index (χ0) is 19.8. The molecule has 0 amide bonds. The van der Waals surface area contributed by atoms with Gasteiger partial charge in [-0.25, -0.2) is 4.68 Å². The van der Waals surface area contributed by atoms with Crippen molar-refractivity contribution >= 4 is 27.5 Å². The van der Waals surface area contributed by atoms with E-state index in [2.05, 4.69) is 21.0 Å². The largest absolute Gasteiger partial charge is 0.416 e. The number of hydrogen-bond donors (Lipinski definition) is 1. The average Bonchev–Trinajstić information content (AvgIpc) is 2.97. The Bertz CT molecular complexity index is 1050. The monoisotopic (exact) mass is 434 g/mol. The van der Waals surface area contributed by atoms with E-state index < -0.39 is 17.5 Å². The molecule has 0 spiro atoms. The number of carbonyl (C=O) groups is 1. The topological polar surface area (TPSA) is 84.7 Å². The molecule has 0 aliphatic rings. The van der Waals surface area contributed by atoms with Gasteiger partial charge in [-0.05, 0) is 36.4 Å². The summed E-state index contributed by atoms with van der Waals surface area (Å²) < 4.78 is 40.1. The zero-order valence-corrected chi connectivity index (χ0v) is 15.0. The Balaban J connectivity index is 2.04. The molecule has 1 aromatic heterocycles. The van der Waals surface area contributed by atoms with Gasteiger partial charge >= 0.3 is 6.18 Å². The van der Waals surface area contributed by atoms with E-state index in [0.717, 1.165) is 28.7 Å². The minimum atomic E-state index is -4.51. The smallest absolute Gasteiger partial charge is 0.382 e. The van der Waals surface area contributed by atoms with Crippen LogP contribution in [0.4, 0.5) is 19.0 Å². The van der Waals surface area contributed by atoms with E-state index in [-0.39, 0.29) is 22.6 Å². The lowest BCUT2D eigenvalue weighted by Gasteiger charge is -2.06. The molecule has 136 valence electrons. The Morgan fingerprint density at radius 2 is 1.70 bits per heavy atom. The third kappa shape index (κ3) is 3.57. The Kier molecular flexibility index (Phi) is 4.76. The number of halogens is 4. The van der Waals surface area contributed by atoms with Crippen LogP contribution < -0.4 is 5.73 Å². The van der Waals surface area contributed by atoms with Gasteiger partial charge in [0.15, 0.2) is 5.69 Å². The molecule has 0 aliphatic heterocycles. The number of anilines is 1. The average molecular weight is 435 g/mol. The summed E-state index contributed by atoms with van der Waals surface area (Å²) in [4.78, 5) is 12.7. The summed E-state index contributed by atoms with van der Waals surface area (Å²) in [5, 5.41) is 13.5. The first kappa shape index (κ1) is 18.7. The summed E-state index contributed by atoms with van der Waals surface area (Å²) in [5.74, 6) is -0.724. The van der Waals surface area contributed by atoms with Gasteiger partial charge < -0.3 is 5.73 Å². The highest BCUT2D eigenvalue weighted by molar-refractivity contribution is 9.10.